The molecule has 0 saturated carbocycles. The minimum atomic E-state index is 0.429. The number of aromatic nitrogens is 1. The smallest absolute Gasteiger partial charge is 0.128 e. The molecule has 4 heteroatoms. The van der Waals surface area contributed by atoms with Crippen LogP contribution in [0.15, 0.2) is 42.6 Å². The third kappa shape index (κ3) is 3.51. The zero-order valence-corrected chi connectivity index (χ0v) is 11.9. The predicted molar refractivity (Wildman–Crippen MR) is 83.4 cm³/mol. The van der Waals surface area contributed by atoms with Crippen LogP contribution in [-0.4, -0.2) is 17.0 Å². The molecule has 0 aliphatic heterocycles. The molecule has 0 spiro atoms. The molecule has 0 aliphatic rings. The van der Waals surface area contributed by atoms with Gasteiger partial charge in [0.15, 0.2) is 0 Å². The van der Waals surface area contributed by atoms with E-state index in [2.05, 4.69) is 28.9 Å². The molecule has 1 heterocycles. The fourth-order valence-electron chi connectivity index (χ4n) is 1.91. The lowest BCUT2D eigenvalue weighted by Gasteiger charge is -2.19. The van der Waals surface area contributed by atoms with Gasteiger partial charge in [0.2, 0.25) is 0 Å². The first-order chi connectivity index (χ1) is 9.06. The summed E-state index contributed by atoms with van der Waals surface area (Å²) in [5.74, 6) is 0.959. The predicted octanol–water partition coefficient (Wildman–Crippen LogP) is 2.66. The molecule has 2 aromatic rings. The summed E-state index contributed by atoms with van der Waals surface area (Å²) in [5, 5.41) is 0. The summed E-state index contributed by atoms with van der Waals surface area (Å²) in [4.78, 5) is 6.90. The van der Waals surface area contributed by atoms with E-state index in [1.807, 2.05) is 37.5 Å². The van der Waals surface area contributed by atoms with E-state index >= 15 is 0 Å². The van der Waals surface area contributed by atoms with Gasteiger partial charge in [-0.1, -0.05) is 30.4 Å². The van der Waals surface area contributed by atoms with Crippen LogP contribution in [0.4, 0.5) is 5.82 Å². The Kier molecular flexibility index (Phi) is 4.12. The van der Waals surface area contributed by atoms with Gasteiger partial charge in [0.25, 0.3) is 0 Å². The normalized spacial score (nSPS) is 10.2. The number of nitrogens with zero attached hydrogens (tertiary/aromatic N) is 2. The van der Waals surface area contributed by atoms with E-state index in [1.165, 1.54) is 5.56 Å². The number of rotatable bonds is 4. The van der Waals surface area contributed by atoms with Gasteiger partial charge in [0.1, 0.15) is 10.8 Å². The number of thiocarbonyl (C=S) groups is 1. The van der Waals surface area contributed by atoms with Crippen LogP contribution in [0.3, 0.4) is 0 Å². The monoisotopic (exact) mass is 271 g/mol. The molecule has 1 aromatic carbocycles. The van der Waals surface area contributed by atoms with E-state index in [0.717, 1.165) is 23.5 Å². The van der Waals surface area contributed by atoms with Gasteiger partial charge < -0.3 is 10.6 Å². The molecule has 98 valence electrons. The summed E-state index contributed by atoms with van der Waals surface area (Å²) < 4.78 is 0. The van der Waals surface area contributed by atoms with E-state index in [1.54, 1.807) is 0 Å². The minimum Gasteiger partial charge on any atom is -0.389 e. The van der Waals surface area contributed by atoms with Gasteiger partial charge in [-0.25, -0.2) is 4.98 Å². The highest BCUT2D eigenvalue weighted by Gasteiger charge is 2.05. The van der Waals surface area contributed by atoms with Crippen molar-refractivity contribution >= 4 is 23.0 Å². The SMILES string of the molecule is Cc1ccnc(N(C)Cc2cccc(C(N)=S)c2)c1. The number of hydrogen-bond donors (Lipinski definition) is 1. The Bertz CT molecular complexity index is 595. The molecule has 0 radical (unpaired) electrons. The molecule has 1 aromatic heterocycles. The quantitative estimate of drug-likeness (QED) is 0.868. The van der Waals surface area contributed by atoms with Gasteiger partial charge in [-0.2, -0.15) is 0 Å². The first kappa shape index (κ1) is 13.5. The summed E-state index contributed by atoms with van der Waals surface area (Å²) in [5.41, 5.74) is 8.92. The molecule has 0 aliphatic carbocycles. The lowest BCUT2D eigenvalue weighted by atomic mass is 10.1. The highest BCUT2D eigenvalue weighted by Crippen LogP contribution is 2.14. The van der Waals surface area contributed by atoms with Crippen LogP contribution in [0.25, 0.3) is 0 Å². The molecule has 0 saturated heterocycles. The molecule has 3 nitrogen and oxygen atoms in total. The zero-order chi connectivity index (χ0) is 13.8. The van der Waals surface area contributed by atoms with Gasteiger partial charge in [-0.15, -0.1) is 0 Å². The number of benzene rings is 1. The van der Waals surface area contributed by atoms with E-state index in [9.17, 15) is 0 Å². The Morgan fingerprint density at radius 2 is 2.11 bits per heavy atom. The second-order valence-corrected chi connectivity index (χ2v) is 5.05. The molecule has 0 fully saturated rings. The summed E-state index contributed by atoms with van der Waals surface area (Å²) in [6.45, 7) is 2.83. The van der Waals surface area contributed by atoms with Crippen LogP contribution in [-0.2, 0) is 6.54 Å². The molecule has 2 rings (SSSR count). The Labute approximate surface area is 119 Å². The number of aryl methyl sites for hydroxylation is 1. The maximum atomic E-state index is 5.65. The second-order valence-electron chi connectivity index (χ2n) is 4.61. The van der Waals surface area contributed by atoms with Gasteiger partial charge in [-0.3, -0.25) is 0 Å². The molecule has 0 amide bonds. The Hall–Kier alpha value is -1.94. The standard InChI is InChI=1S/C15H17N3S/c1-11-6-7-17-14(8-11)18(2)10-12-4-3-5-13(9-12)15(16)19/h3-9H,10H2,1-2H3,(H2,16,19). The third-order valence-electron chi connectivity index (χ3n) is 2.92. The van der Waals surface area contributed by atoms with Crippen molar-refractivity contribution in [2.24, 2.45) is 5.73 Å². The maximum Gasteiger partial charge on any atom is 0.128 e. The highest BCUT2D eigenvalue weighted by atomic mass is 32.1. The largest absolute Gasteiger partial charge is 0.389 e. The van der Waals surface area contributed by atoms with Crippen LogP contribution in [0, 0.1) is 6.92 Å². The lowest BCUT2D eigenvalue weighted by Crippen LogP contribution is -2.18. The number of hydrogen-bond acceptors (Lipinski definition) is 3. The van der Waals surface area contributed by atoms with Gasteiger partial charge in [0.05, 0.1) is 0 Å². The fourth-order valence-corrected chi connectivity index (χ4v) is 2.03. The van der Waals surface area contributed by atoms with Crippen LogP contribution >= 0.6 is 12.2 Å². The van der Waals surface area contributed by atoms with Crippen molar-refractivity contribution in [3.63, 3.8) is 0 Å². The first-order valence-corrected chi connectivity index (χ1v) is 6.49. The van der Waals surface area contributed by atoms with Crippen molar-refractivity contribution in [3.05, 3.63) is 59.3 Å². The van der Waals surface area contributed by atoms with Crippen molar-refractivity contribution in [2.45, 2.75) is 13.5 Å². The van der Waals surface area contributed by atoms with Gasteiger partial charge in [0, 0.05) is 25.4 Å². The fraction of sp³-hybridized carbons (Fsp3) is 0.200. The van der Waals surface area contributed by atoms with Crippen molar-refractivity contribution in [1.29, 1.82) is 0 Å². The average molecular weight is 271 g/mol. The van der Waals surface area contributed by atoms with Gasteiger partial charge >= 0.3 is 0 Å². The molecule has 0 unspecified atom stereocenters. The number of pyridine rings is 1. The number of nitrogens with two attached hydrogens (primary N) is 1. The van der Waals surface area contributed by atoms with E-state index in [0.29, 0.717) is 4.99 Å². The topological polar surface area (TPSA) is 42.2 Å². The van der Waals surface area contributed by atoms with E-state index in [4.69, 9.17) is 18.0 Å². The number of anilines is 1. The molecular weight excluding hydrogens is 254 g/mol. The summed E-state index contributed by atoms with van der Waals surface area (Å²) in [7, 11) is 2.02. The Morgan fingerprint density at radius 1 is 1.32 bits per heavy atom. The van der Waals surface area contributed by atoms with E-state index in [-0.39, 0.29) is 0 Å². The van der Waals surface area contributed by atoms with Crippen LogP contribution in [0.1, 0.15) is 16.7 Å². The van der Waals surface area contributed by atoms with E-state index < -0.39 is 0 Å². The van der Waals surface area contributed by atoms with Crippen molar-refractivity contribution in [1.82, 2.24) is 4.98 Å². The molecule has 19 heavy (non-hydrogen) atoms. The molecule has 0 bridgehead atoms. The van der Waals surface area contributed by atoms with Crippen molar-refractivity contribution in [2.75, 3.05) is 11.9 Å². The first-order valence-electron chi connectivity index (χ1n) is 6.09. The summed E-state index contributed by atoms with van der Waals surface area (Å²) in [6.07, 6.45) is 1.83. The molecular formula is C15H17N3S. The molecule has 2 N–H and O–H groups in total. The Morgan fingerprint density at radius 3 is 2.79 bits per heavy atom. The summed E-state index contributed by atoms with van der Waals surface area (Å²) in [6, 6.07) is 12.0. The summed E-state index contributed by atoms with van der Waals surface area (Å²) >= 11 is 5.00. The molecule has 0 atom stereocenters. The minimum absolute atomic E-state index is 0.429. The second kappa shape index (κ2) is 5.80. The van der Waals surface area contributed by atoms with Crippen molar-refractivity contribution < 1.29 is 0 Å². The highest BCUT2D eigenvalue weighted by molar-refractivity contribution is 7.80. The lowest BCUT2D eigenvalue weighted by molar-refractivity contribution is 0.896. The van der Waals surface area contributed by atoms with Crippen LogP contribution in [0.2, 0.25) is 0 Å². The van der Waals surface area contributed by atoms with Crippen LogP contribution in [0.5, 0.6) is 0 Å². The third-order valence-corrected chi connectivity index (χ3v) is 3.16. The van der Waals surface area contributed by atoms with Crippen molar-refractivity contribution in [3.8, 4) is 0 Å². The Balaban J connectivity index is 2.17. The zero-order valence-electron chi connectivity index (χ0n) is 11.1. The van der Waals surface area contributed by atoms with Gasteiger partial charge in [-0.05, 0) is 36.2 Å². The maximum absolute atomic E-state index is 5.65. The average Bonchev–Trinajstić information content (AvgIpc) is 2.39. The van der Waals surface area contributed by atoms with Crippen LogP contribution < -0.4 is 10.6 Å².